The summed E-state index contributed by atoms with van der Waals surface area (Å²) in [4.78, 5) is 0. The first-order valence-corrected chi connectivity index (χ1v) is 15.0. The molecule has 0 aromatic heterocycles. The molecule has 0 heterocycles. The van der Waals surface area contributed by atoms with Crippen molar-refractivity contribution in [2.24, 2.45) is 5.73 Å². The van der Waals surface area contributed by atoms with Crippen LogP contribution in [0.1, 0.15) is 161 Å². The van der Waals surface area contributed by atoms with Gasteiger partial charge in [-0.25, -0.2) is 0 Å². The molecule has 5 N–H and O–H groups in total. The Kier molecular flexibility index (Phi) is 19.8. The summed E-state index contributed by atoms with van der Waals surface area (Å²) in [5.41, 5.74) is 5.56. The maximum atomic E-state index is 10.9. The van der Waals surface area contributed by atoms with Crippen LogP contribution < -0.4 is 11.1 Å². The molecule has 0 aliphatic heterocycles. The fourth-order valence-electron chi connectivity index (χ4n) is 5.32. The Balaban J connectivity index is 2.16. The third-order valence-electron chi connectivity index (χ3n) is 7.83. The van der Waals surface area contributed by atoms with Gasteiger partial charge in [-0.15, -0.1) is 0 Å². The van der Waals surface area contributed by atoms with Crippen molar-refractivity contribution in [2.75, 3.05) is 6.61 Å². The zero-order chi connectivity index (χ0) is 24.0. The highest BCUT2D eigenvalue weighted by Gasteiger charge is 2.33. The molecule has 2 atom stereocenters. The summed E-state index contributed by atoms with van der Waals surface area (Å²) in [7, 11) is 0. The Morgan fingerprint density at radius 2 is 1.09 bits per heavy atom. The minimum atomic E-state index is -0.927. The van der Waals surface area contributed by atoms with Crippen molar-refractivity contribution in [3.8, 4) is 0 Å². The van der Waals surface area contributed by atoms with E-state index in [1.165, 1.54) is 122 Å². The van der Waals surface area contributed by atoms with Gasteiger partial charge in [0.2, 0.25) is 0 Å². The molecule has 0 bridgehead atoms. The first kappa shape index (κ1) is 30.9. The summed E-state index contributed by atoms with van der Waals surface area (Å²) in [6, 6.07) is 0.319. The normalized spacial score (nSPS) is 19.6. The number of hydrogen-bond acceptors (Lipinski definition) is 4. The lowest BCUT2D eigenvalue weighted by Gasteiger charge is -2.36. The third kappa shape index (κ3) is 16.2. The highest BCUT2D eigenvalue weighted by atomic mass is 16.3. The molecular formula is C29H60N2O2. The van der Waals surface area contributed by atoms with E-state index in [0.29, 0.717) is 12.5 Å². The molecular weight excluding hydrogens is 408 g/mol. The molecule has 2 unspecified atom stereocenters. The van der Waals surface area contributed by atoms with Crippen LogP contribution in [0.2, 0.25) is 0 Å². The van der Waals surface area contributed by atoms with Gasteiger partial charge in [0, 0.05) is 6.04 Å². The molecule has 4 nitrogen and oxygen atoms in total. The van der Waals surface area contributed by atoms with Gasteiger partial charge in [-0.3, -0.25) is 5.32 Å². The number of hydrogen-bond donors (Lipinski definition) is 4. The fraction of sp³-hybridized carbons (Fsp3) is 1.00. The Morgan fingerprint density at radius 3 is 1.52 bits per heavy atom. The van der Waals surface area contributed by atoms with E-state index in [1.807, 2.05) is 0 Å². The number of nitrogens with one attached hydrogen (secondary N) is 1. The summed E-state index contributed by atoms with van der Waals surface area (Å²) < 4.78 is 0. The van der Waals surface area contributed by atoms with E-state index < -0.39 is 11.8 Å². The van der Waals surface area contributed by atoms with Gasteiger partial charge < -0.3 is 15.9 Å². The molecule has 0 radical (unpaired) electrons. The van der Waals surface area contributed by atoms with Crippen molar-refractivity contribution >= 4 is 0 Å². The van der Waals surface area contributed by atoms with Crippen molar-refractivity contribution in [3.05, 3.63) is 0 Å². The quantitative estimate of drug-likeness (QED) is 0.125. The monoisotopic (exact) mass is 468 g/mol. The maximum Gasteiger partial charge on any atom is 0.125 e. The average molecular weight is 469 g/mol. The lowest BCUT2D eigenvalue weighted by Crippen LogP contribution is -2.61. The van der Waals surface area contributed by atoms with Crippen LogP contribution in [-0.2, 0) is 0 Å². The first-order chi connectivity index (χ1) is 16.1. The predicted molar refractivity (Wildman–Crippen MR) is 143 cm³/mol. The van der Waals surface area contributed by atoms with Crippen molar-refractivity contribution in [1.82, 2.24) is 5.32 Å². The smallest absolute Gasteiger partial charge is 0.125 e. The van der Waals surface area contributed by atoms with Crippen LogP contribution in [-0.4, -0.2) is 34.6 Å². The first-order valence-electron chi connectivity index (χ1n) is 15.0. The number of rotatable bonds is 18. The molecule has 1 fully saturated rings. The molecule has 1 aliphatic carbocycles. The molecule has 33 heavy (non-hydrogen) atoms. The molecule has 0 spiro atoms. The van der Waals surface area contributed by atoms with E-state index >= 15 is 0 Å². The highest BCUT2D eigenvalue weighted by molar-refractivity contribution is 4.91. The highest BCUT2D eigenvalue weighted by Crippen LogP contribution is 2.21. The molecule has 1 aliphatic rings. The Labute approximate surface area is 206 Å². The lowest BCUT2D eigenvalue weighted by atomic mass is 9.90. The van der Waals surface area contributed by atoms with E-state index in [4.69, 9.17) is 5.73 Å². The summed E-state index contributed by atoms with van der Waals surface area (Å²) in [6.07, 6.45) is 29.7. The SMILES string of the molecule is CCCCCCCCCCCCCCCC(N)(CO)C(O)NC1CCCCCCCCCC1. The largest absolute Gasteiger partial charge is 0.394 e. The van der Waals surface area contributed by atoms with Crippen LogP contribution in [0.5, 0.6) is 0 Å². The van der Waals surface area contributed by atoms with Crippen LogP contribution in [0.15, 0.2) is 0 Å². The number of nitrogens with two attached hydrogens (primary N) is 1. The molecule has 198 valence electrons. The molecule has 0 saturated heterocycles. The zero-order valence-corrected chi connectivity index (χ0v) is 22.3. The molecule has 1 rings (SSSR count). The molecule has 1 saturated carbocycles. The molecule has 0 aromatic carbocycles. The average Bonchev–Trinajstić information content (AvgIpc) is 2.88. The van der Waals surface area contributed by atoms with Crippen LogP contribution in [0.4, 0.5) is 0 Å². The van der Waals surface area contributed by atoms with Crippen LogP contribution >= 0.6 is 0 Å². The summed E-state index contributed by atoms with van der Waals surface area (Å²) in [6.45, 7) is 2.12. The van der Waals surface area contributed by atoms with E-state index in [-0.39, 0.29) is 6.61 Å². The molecule has 0 aromatic rings. The van der Waals surface area contributed by atoms with E-state index in [9.17, 15) is 10.2 Å². The Bertz CT molecular complexity index is 408. The van der Waals surface area contributed by atoms with Gasteiger partial charge in [-0.2, -0.15) is 0 Å². The van der Waals surface area contributed by atoms with Crippen molar-refractivity contribution in [1.29, 1.82) is 0 Å². The van der Waals surface area contributed by atoms with Gasteiger partial charge >= 0.3 is 0 Å². The maximum absolute atomic E-state index is 10.9. The van der Waals surface area contributed by atoms with Crippen LogP contribution in [0, 0.1) is 0 Å². The topological polar surface area (TPSA) is 78.5 Å². The second-order valence-electron chi connectivity index (χ2n) is 11.1. The third-order valence-corrected chi connectivity index (χ3v) is 7.83. The van der Waals surface area contributed by atoms with Gasteiger partial charge in [0.05, 0.1) is 12.1 Å². The van der Waals surface area contributed by atoms with Crippen molar-refractivity contribution in [3.63, 3.8) is 0 Å². The fourth-order valence-corrected chi connectivity index (χ4v) is 5.32. The number of unbranched alkanes of at least 4 members (excludes halogenated alkanes) is 12. The molecule has 0 amide bonds. The van der Waals surface area contributed by atoms with Crippen molar-refractivity contribution in [2.45, 2.75) is 179 Å². The van der Waals surface area contributed by atoms with E-state index in [2.05, 4.69) is 12.2 Å². The number of aliphatic hydroxyl groups excluding tert-OH is 2. The Morgan fingerprint density at radius 1 is 0.697 bits per heavy atom. The second-order valence-corrected chi connectivity index (χ2v) is 11.1. The second kappa shape index (κ2) is 21.1. The Hall–Kier alpha value is -0.160. The lowest BCUT2D eigenvalue weighted by molar-refractivity contribution is 0.00382. The number of aliphatic hydroxyl groups is 2. The van der Waals surface area contributed by atoms with Gasteiger partial charge in [0.1, 0.15) is 6.23 Å². The van der Waals surface area contributed by atoms with Crippen molar-refractivity contribution < 1.29 is 10.2 Å². The van der Waals surface area contributed by atoms with E-state index in [1.54, 1.807) is 0 Å². The standard InChI is InChI=1S/C29H60N2O2/c1-2-3-4-5-6-7-8-9-10-13-16-19-22-25-29(30,26-32)28(33)31-27-23-20-17-14-11-12-15-18-21-24-27/h27-28,31-33H,2-26,30H2,1H3. The minimum Gasteiger partial charge on any atom is -0.394 e. The summed E-state index contributed by atoms with van der Waals surface area (Å²) in [5.74, 6) is 0. The van der Waals surface area contributed by atoms with Gasteiger partial charge in [0.25, 0.3) is 0 Å². The summed E-state index contributed by atoms with van der Waals surface area (Å²) >= 11 is 0. The van der Waals surface area contributed by atoms with Crippen LogP contribution in [0.3, 0.4) is 0 Å². The van der Waals surface area contributed by atoms with E-state index in [0.717, 1.165) is 25.7 Å². The van der Waals surface area contributed by atoms with Gasteiger partial charge in [-0.05, 0) is 19.3 Å². The van der Waals surface area contributed by atoms with Gasteiger partial charge in [-0.1, -0.05) is 142 Å². The predicted octanol–water partition coefficient (Wildman–Crippen LogP) is 7.35. The van der Waals surface area contributed by atoms with Crippen LogP contribution in [0.25, 0.3) is 0 Å². The summed E-state index contributed by atoms with van der Waals surface area (Å²) in [5, 5.41) is 24.2. The minimum absolute atomic E-state index is 0.161. The van der Waals surface area contributed by atoms with Gasteiger partial charge in [0.15, 0.2) is 0 Å². The molecule has 4 heteroatoms. The zero-order valence-electron chi connectivity index (χ0n) is 22.3.